The molecule has 1 aliphatic rings. The smallest absolute Gasteiger partial charge is 0.227 e. The highest BCUT2D eigenvalue weighted by Gasteiger charge is 2.21. The summed E-state index contributed by atoms with van der Waals surface area (Å²) in [4.78, 5) is 18.0. The van der Waals surface area contributed by atoms with Gasteiger partial charge >= 0.3 is 0 Å². The Labute approximate surface area is 183 Å². The van der Waals surface area contributed by atoms with Gasteiger partial charge in [0.05, 0.1) is 12.6 Å². The fourth-order valence-electron chi connectivity index (χ4n) is 2.96. The zero-order valence-corrected chi connectivity index (χ0v) is 18.6. The molecule has 150 valence electrons. The van der Waals surface area contributed by atoms with Gasteiger partial charge in [-0.15, -0.1) is 24.0 Å². The molecular weight excluding hydrogens is 467 g/mol. The highest BCUT2D eigenvalue weighted by molar-refractivity contribution is 14.0. The second-order valence-corrected chi connectivity index (χ2v) is 6.83. The van der Waals surface area contributed by atoms with Gasteiger partial charge in [-0.05, 0) is 62.2 Å². The normalized spacial score (nSPS) is 14.2. The van der Waals surface area contributed by atoms with Crippen LogP contribution in [0.15, 0.2) is 53.5 Å². The summed E-state index contributed by atoms with van der Waals surface area (Å²) in [6.07, 6.45) is 1.71. The van der Waals surface area contributed by atoms with Crippen molar-refractivity contribution in [2.45, 2.75) is 39.3 Å². The number of aliphatic imine (C=N–C) groups is 1. The number of ether oxygens (including phenoxy) is 1. The summed E-state index contributed by atoms with van der Waals surface area (Å²) in [6.45, 7) is 5.26. The van der Waals surface area contributed by atoms with Crippen molar-refractivity contribution in [1.82, 2.24) is 0 Å². The Morgan fingerprint density at radius 2 is 1.86 bits per heavy atom. The molecule has 3 N–H and O–H groups in total. The minimum absolute atomic E-state index is 0. The van der Waals surface area contributed by atoms with Crippen LogP contribution in [-0.4, -0.2) is 24.5 Å². The molecule has 0 spiro atoms. The van der Waals surface area contributed by atoms with E-state index in [1.807, 2.05) is 67.3 Å². The molecule has 28 heavy (non-hydrogen) atoms. The Kier molecular flexibility index (Phi) is 8.10. The van der Waals surface area contributed by atoms with Crippen LogP contribution in [0.25, 0.3) is 0 Å². The van der Waals surface area contributed by atoms with Crippen molar-refractivity contribution >= 4 is 47.2 Å². The first-order valence-corrected chi connectivity index (χ1v) is 9.24. The largest absolute Gasteiger partial charge is 0.491 e. The molecule has 3 rings (SSSR count). The first-order chi connectivity index (χ1) is 13.0. The summed E-state index contributed by atoms with van der Waals surface area (Å²) < 4.78 is 5.62. The maximum Gasteiger partial charge on any atom is 0.227 e. The van der Waals surface area contributed by atoms with Crippen LogP contribution >= 0.6 is 24.0 Å². The summed E-state index contributed by atoms with van der Waals surface area (Å²) >= 11 is 0. The molecule has 0 aliphatic carbocycles. The number of nitrogens with zero attached hydrogens (tertiary/aromatic N) is 2. The third kappa shape index (κ3) is 6.12. The number of hydrogen-bond donors (Lipinski definition) is 2. The van der Waals surface area contributed by atoms with Gasteiger partial charge in [-0.25, -0.2) is 4.99 Å². The average Bonchev–Trinajstić information content (AvgIpc) is 3.08. The Bertz CT molecular complexity index is 804. The van der Waals surface area contributed by atoms with Crippen molar-refractivity contribution in [1.29, 1.82) is 0 Å². The lowest BCUT2D eigenvalue weighted by Crippen LogP contribution is -2.23. The number of guanidine groups is 1. The molecule has 0 aromatic heterocycles. The van der Waals surface area contributed by atoms with Gasteiger partial charge in [0.25, 0.3) is 0 Å². The van der Waals surface area contributed by atoms with E-state index in [4.69, 9.17) is 10.5 Å². The Morgan fingerprint density at radius 3 is 2.43 bits per heavy atom. The van der Waals surface area contributed by atoms with Crippen LogP contribution in [0.3, 0.4) is 0 Å². The molecule has 0 unspecified atom stereocenters. The fraction of sp³-hybridized carbons (Fsp3) is 0.333. The third-order valence-electron chi connectivity index (χ3n) is 4.25. The molecule has 1 fully saturated rings. The molecule has 1 saturated heterocycles. The van der Waals surface area contributed by atoms with E-state index in [1.165, 1.54) is 0 Å². The standard InChI is InChI=1S/C21H26N4O2.HI/c1-15(2)27-19-11-7-17(8-12-19)24-21(22)23-14-16-5-9-18(10-6-16)25-13-3-4-20(25)26;/h5-12,15H,3-4,13-14H2,1-2H3,(H3,22,23,24);1H. The van der Waals surface area contributed by atoms with E-state index in [0.29, 0.717) is 18.9 Å². The molecule has 6 nitrogen and oxygen atoms in total. The summed E-state index contributed by atoms with van der Waals surface area (Å²) in [7, 11) is 0. The van der Waals surface area contributed by atoms with Crippen molar-refractivity contribution in [2.75, 3.05) is 16.8 Å². The van der Waals surface area contributed by atoms with Crippen LogP contribution in [0.2, 0.25) is 0 Å². The number of benzene rings is 2. The number of carbonyl (C=O) groups excluding carboxylic acids is 1. The van der Waals surface area contributed by atoms with Gasteiger partial charge in [-0.2, -0.15) is 0 Å². The van der Waals surface area contributed by atoms with Gasteiger partial charge in [0.15, 0.2) is 5.96 Å². The van der Waals surface area contributed by atoms with Crippen LogP contribution in [0.4, 0.5) is 11.4 Å². The average molecular weight is 494 g/mol. The van der Waals surface area contributed by atoms with E-state index in [2.05, 4.69) is 10.3 Å². The molecule has 2 aromatic carbocycles. The Hall–Kier alpha value is -2.29. The van der Waals surface area contributed by atoms with Crippen LogP contribution in [0, 0.1) is 0 Å². The van der Waals surface area contributed by atoms with E-state index in [0.717, 1.165) is 35.7 Å². The Morgan fingerprint density at radius 1 is 1.18 bits per heavy atom. The maximum absolute atomic E-state index is 11.8. The zero-order chi connectivity index (χ0) is 19.2. The lowest BCUT2D eigenvalue weighted by atomic mass is 10.2. The van der Waals surface area contributed by atoms with E-state index < -0.39 is 0 Å². The number of nitrogens with two attached hydrogens (primary N) is 1. The van der Waals surface area contributed by atoms with Crippen molar-refractivity contribution in [2.24, 2.45) is 10.7 Å². The molecule has 2 aromatic rings. The maximum atomic E-state index is 11.8. The number of halogens is 1. The molecule has 1 heterocycles. The topological polar surface area (TPSA) is 80.0 Å². The number of anilines is 2. The fourth-order valence-corrected chi connectivity index (χ4v) is 2.96. The second-order valence-electron chi connectivity index (χ2n) is 6.83. The lowest BCUT2D eigenvalue weighted by Gasteiger charge is -2.15. The van der Waals surface area contributed by atoms with E-state index in [9.17, 15) is 4.79 Å². The highest BCUT2D eigenvalue weighted by atomic mass is 127. The van der Waals surface area contributed by atoms with E-state index in [1.54, 1.807) is 0 Å². The van der Waals surface area contributed by atoms with Gasteiger partial charge in [0, 0.05) is 24.3 Å². The van der Waals surface area contributed by atoms with E-state index >= 15 is 0 Å². The predicted molar refractivity (Wildman–Crippen MR) is 125 cm³/mol. The molecule has 7 heteroatoms. The molecule has 1 aliphatic heterocycles. The van der Waals surface area contributed by atoms with Crippen LogP contribution in [0.1, 0.15) is 32.3 Å². The second kappa shape index (κ2) is 10.3. The molecule has 0 atom stereocenters. The summed E-state index contributed by atoms with van der Waals surface area (Å²) in [5.41, 5.74) is 8.81. The van der Waals surface area contributed by atoms with Gasteiger partial charge in [0.1, 0.15) is 5.75 Å². The highest BCUT2D eigenvalue weighted by Crippen LogP contribution is 2.22. The van der Waals surface area contributed by atoms with Gasteiger partial charge in [0.2, 0.25) is 5.91 Å². The summed E-state index contributed by atoms with van der Waals surface area (Å²) in [6, 6.07) is 15.5. The third-order valence-corrected chi connectivity index (χ3v) is 4.25. The van der Waals surface area contributed by atoms with Crippen molar-refractivity contribution in [3.63, 3.8) is 0 Å². The molecular formula is C21H27IN4O2. The summed E-state index contributed by atoms with van der Waals surface area (Å²) in [5.74, 6) is 1.37. The number of rotatable bonds is 6. The van der Waals surface area contributed by atoms with Crippen LogP contribution in [0.5, 0.6) is 5.75 Å². The lowest BCUT2D eigenvalue weighted by molar-refractivity contribution is -0.117. The van der Waals surface area contributed by atoms with Gasteiger partial charge in [-0.1, -0.05) is 12.1 Å². The summed E-state index contributed by atoms with van der Waals surface area (Å²) in [5, 5.41) is 3.07. The van der Waals surface area contributed by atoms with E-state index in [-0.39, 0.29) is 36.0 Å². The molecule has 0 radical (unpaired) electrons. The quantitative estimate of drug-likeness (QED) is 0.360. The first-order valence-electron chi connectivity index (χ1n) is 9.24. The number of amides is 1. The Balaban J connectivity index is 0.00000280. The first kappa shape index (κ1) is 22.0. The van der Waals surface area contributed by atoms with Crippen LogP contribution in [-0.2, 0) is 11.3 Å². The van der Waals surface area contributed by atoms with Crippen molar-refractivity contribution < 1.29 is 9.53 Å². The molecule has 0 bridgehead atoms. The van der Waals surface area contributed by atoms with Crippen molar-refractivity contribution in [3.8, 4) is 5.75 Å². The van der Waals surface area contributed by atoms with Gasteiger partial charge in [-0.3, -0.25) is 4.79 Å². The van der Waals surface area contributed by atoms with Crippen molar-refractivity contribution in [3.05, 3.63) is 54.1 Å². The molecule has 1 amide bonds. The molecule has 0 saturated carbocycles. The minimum Gasteiger partial charge on any atom is -0.491 e. The minimum atomic E-state index is 0. The SMILES string of the molecule is CC(C)Oc1ccc(NC(N)=NCc2ccc(N3CCCC3=O)cc2)cc1.I. The number of nitrogens with one attached hydrogen (secondary N) is 1. The monoisotopic (exact) mass is 494 g/mol. The predicted octanol–water partition coefficient (Wildman–Crippen LogP) is 4.15. The zero-order valence-electron chi connectivity index (χ0n) is 16.2. The number of hydrogen-bond acceptors (Lipinski definition) is 3. The van der Waals surface area contributed by atoms with Gasteiger partial charge < -0.3 is 20.7 Å². The number of carbonyl (C=O) groups is 1. The van der Waals surface area contributed by atoms with Crippen LogP contribution < -0.4 is 20.7 Å².